The molecule has 2 unspecified atom stereocenters. The van der Waals surface area contributed by atoms with Gasteiger partial charge in [-0.25, -0.2) is 0 Å². The van der Waals surface area contributed by atoms with Crippen molar-refractivity contribution >= 4 is 23.2 Å². The number of aliphatic hydroxyl groups is 1. The Kier molecular flexibility index (Phi) is 5.17. The Morgan fingerprint density at radius 2 is 1.58 bits per heavy atom. The fourth-order valence-electron chi connectivity index (χ4n) is 2.52. The van der Waals surface area contributed by atoms with Crippen molar-refractivity contribution in [2.45, 2.75) is 12.1 Å². The SMILES string of the molecule is NC(c1ccc(Cl)c(Cl)c1)C(O)c1ccc(-c2cccnc2)cc1. The van der Waals surface area contributed by atoms with Gasteiger partial charge in [0.1, 0.15) is 0 Å². The van der Waals surface area contributed by atoms with Gasteiger partial charge in [-0.1, -0.05) is 59.6 Å². The number of hydrogen-bond donors (Lipinski definition) is 2. The molecule has 0 aliphatic heterocycles. The van der Waals surface area contributed by atoms with Crippen molar-refractivity contribution < 1.29 is 5.11 Å². The van der Waals surface area contributed by atoms with Gasteiger partial charge >= 0.3 is 0 Å². The number of pyridine rings is 1. The summed E-state index contributed by atoms with van der Waals surface area (Å²) in [5, 5.41) is 11.4. The van der Waals surface area contributed by atoms with Crippen molar-refractivity contribution in [2.24, 2.45) is 5.73 Å². The molecule has 122 valence electrons. The van der Waals surface area contributed by atoms with Crippen LogP contribution in [0.15, 0.2) is 67.0 Å². The van der Waals surface area contributed by atoms with Gasteiger partial charge in [-0.05, 0) is 40.5 Å². The quantitative estimate of drug-likeness (QED) is 0.704. The third-order valence-electron chi connectivity index (χ3n) is 3.92. The van der Waals surface area contributed by atoms with E-state index < -0.39 is 12.1 Å². The molecule has 0 amide bonds. The molecule has 3 N–H and O–H groups in total. The summed E-state index contributed by atoms with van der Waals surface area (Å²) < 4.78 is 0. The smallest absolute Gasteiger partial charge is 0.0982 e. The lowest BCUT2D eigenvalue weighted by molar-refractivity contribution is 0.147. The molecule has 3 rings (SSSR count). The predicted molar refractivity (Wildman–Crippen MR) is 98.0 cm³/mol. The molecular weight excluding hydrogens is 343 g/mol. The maximum atomic E-state index is 10.6. The van der Waals surface area contributed by atoms with Gasteiger partial charge in [-0.15, -0.1) is 0 Å². The van der Waals surface area contributed by atoms with Crippen LogP contribution >= 0.6 is 23.2 Å². The van der Waals surface area contributed by atoms with Gasteiger partial charge < -0.3 is 10.8 Å². The minimum Gasteiger partial charge on any atom is -0.386 e. The highest BCUT2D eigenvalue weighted by Crippen LogP contribution is 2.31. The molecule has 0 spiro atoms. The number of hydrogen-bond acceptors (Lipinski definition) is 3. The van der Waals surface area contributed by atoms with E-state index >= 15 is 0 Å². The number of nitrogens with two attached hydrogens (primary N) is 1. The van der Waals surface area contributed by atoms with E-state index in [0.29, 0.717) is 10.0 Å². The highest BCUT2D eigenvalue weighted by molar-refractivity contribution is 6.42. The maximum absolute atomic E-state index is 10.6. The molecule has 24 heavy (non-hydrogen) atoms. The molecule has 0 aliphatic carbocycles. The Bertz CT molecular complexity index is 823. The monoisotopic (exact) mass is 358 g/mol. The molecule has 3 nitrogen and oxygen atoms in total. The second kappa shape index (κ2) is 7.32. The molecule has 0 saturated carbocycles. The average molecular weight is 359 g/mol. The van der Waals surface area contributed by atoms with Crippen LogP contribution in [0.1, 0.15) is 23.3 Å². The van der Waals surface area contributed by atoms with Crippen LogP contribution in [-0.4, -0.2) is 10.1 Å². The van der Waals surface area contributed by atoms with Gasteiger partial charge in [0.2, 0.25) is 0 Å². The molecule has 0 aliphatic rings. The van der Waals surface area contributed by atoms with Gasteiger partial charge in [0.05, 0.1) is 22.2 Å². The first-order chi connectivity index (χ1) is 11.6. The number of aliphatic hydroxyl groups excluding tert-OH is 1. The van der Waals surface area contributed by atoms with Crippen molar-refractivity contribution in [3.63, 3.8) is 0 Å². The van der Waals surface area contributed by atoms with E-state index in [-0.39, 0.29) is 0 Å². The molecule has 0 saturated heterocycles. The van der Waals surface area contributed by atoms with Crippen LogP contribution in [0, 0.1) is 0 Å². The highest BCUT2D eigenvalue weighted by Gasteiger charge is 2.19. The third kappa shape index (κ3) is 3.60. The summed E-state index contributed by atoms with van der Waals surface area (Å²) in [6, 6.07) is 16.0. The number of aromatic nitrogens is 1. The highest BCUT2D eigenvalue weighted by atomic mass is 35.5. The Balaban J connectivity index is 1.81. The molecule has 0 bridgehead atoms. The van der Waals surface area contributed by atoms with Crippen LogP contribution in [0.3, 0.4) is 0 Å². The van der Waals surface area contributed by atoms with E-state index in [4.69, 9.17) is 28.9 Å². The van der Waals surface area contributed by atoms with Crippen LogP contribution in [-0.2, 0) is 0 Å². The zero-order valence-corrected chi connectivity index (χ0v) is 14.2. The second-order valence-electron chi connectivity index (χ2n) is 5.51. The number of nitrogens with zero attached hydrogens (tertiary/aromatic N) is 1. The first-order valence-electron chi connectivity index (χ1n) is 7.45. The normalized spacial score (nSPS) is 13.5. The summed E-state index contributed by atoms with van der Waals surface area (Å²) in [5.74, 6) is 0. The Morgan fingerprint density at radius 1 is 0.875 bits per heavy atom. The van der Waals surface area contributed by atoms with Crippen LogP contribution in [0.5, 0.6) is 0 Å². The molecule has 0 fully saturated rings. The topological polar surface area (TPSA) is 59.1 Å². The number of benzene rings is 2. The van der Waals surface area contributed by atoms with Crippen molar-refractivity contribution in [3.8, 4) is 11.1 Å². The molecular formula is C19H16Cl2N2O. The zero-order chi connectivity index (χ0) is 17.1. The number of rotatable bonds is 4. The van der Waals surface area contributed by atoms with E-state index in [9.17, 15) is 5.11 Å². The summed E-state index contributed by atoms with van der Waals surface area (Å²) in [5.41, 5.74) is 9.69. The average Bonchev–Trinajstić information content (AvgIpc) is 2.63. The van der Waals surface area contributed by atoms with Gasteiger partial charge in [0.25, 0.3) is 0 Å². The largest absolute Gasteiger partial charge is 0.386 e. The molecule has 2 atom stereocenters. The summed E-state index contributed by atoms with van der Waals surface area (Å²) in [6.07, 6.45) is 2.69. The van der Waals surface area contributed by atoms with E-state index in [1.807, 2.05) is 36.4 Å². The Labute approximate surface area is 150 Å². The third-order valence-corrected chi connectivity index (χ3v) is 4.65. The second-order valence-corrected chi connectivity index (χ2v) is 6.32. The van der Waals surface area contributed by atoms with Crippen LogP contribution in [0.2, 0.25) is 10.0 Å². The summed E-state index contributed by atoms with van der Waals surface area (Å²) in [7, 11) is 0. The Hall–Kier alpha value is -1.91. The standard InChI is InChI=1S/C19H16Cl2N2O/c20-16-8-7-14(10-17(16)21)18(22)19(24)13-5-3-12(4-6-13)15-2-1-9-23-11-15/h1-11,18-19,24H,22H2. The van der Waals surface area contributed by atoms with Crippen molar-refractivity contribution in [2.75, 3.05) is 0 Å². The molecule has 1 aromatic heterocycles. The van der Waals surface area contributed by atoms with Gasteiger partial charge in [-0.2, -0.15) is 0 Å². The molecule has 3 aromatic rings. The maximum Gasteiger partial charge on any atom is 0.0982 e. The lowest BCUT2D eigenvalue weighted by Gasteiger charge is -2.20. The van der Waals surface area contributed by atoms with E-state index in [1.54, 1.807) is 30.6 Å². The first kappa shape index (κ1) is 16.9. The van der Waals surface area contributed by atoms with E-state index in [1.165, 1.54) is 0 Å². The van der Waals surface area contributed by atoms with Gasteiger partial charge in [0, 0.05) is 12.4 Å². The predicted octanol–water partition coefficient (Wildman–Crippen LogP) is 4.79. The summed E-state index contributed by atoms with van der Waals surface area (Å²) in [4.78, 5) is 4.11. The van der Waals surface area contributed by atoms with Crippen LogP contribution in [0.25, 0.3) is 11.1 Å². The van der Waals surface area contributed by atoms with Crippen LogP contribution < -0.4 is 5.73 Å². The molecule has 1 heterocycles. The van der Waals surface area contributed by atoms with Gasteiger partial charge in [0.15, 0.2) is 0 Å². The van der Waals surface area contributed by atoms with Crippen molar-refractivity contribution in [1.29, 1.82) is 0 Å². The Morgan fingerprint density at radius 3 is 2.21 bits per heavy atom. The number of halogens is 2. The van der Waals surface area contributed by atoms with E-state index in [2.05, 4.69) is 4.98 Å². The molecule has 5 heteroatoms. The zero-order valence-electron chi connectivity index (χ0n) is 12.7. The van der Waals surface area contributed by atoms with Gasteiger partial charge in [-0.3, -0.25) is 4.98 Å². The fraction of sp³-hybridized carbons (Fsp3) is 0.105. The van der Waals surface area contributed by atoms with Crippen molar-refractivity contribution in [3.05, 3.63) is 88.2 Å². The summed E-state index contributed by atoms with van der Waals surface area (Å²) in [6.45, 7) is 0. The van der Waals surface area contributed by atoms with Crippen LogP contribution in [0.4, 0.5) is 0 Å². The lowest BCUT2D eigenvalue weighted by Crippen LogP contribution is -2.19. The molecule has 0 radical (unpaired) electrons. The first-order valence-corrected chi connectivity index (χ1v) is 8.21. The fourth-order valence-corrected chi connectivity index (χ4v) is 2.82. The van der Waals surface area contributed by atoms with Crippen molar-refractivity contribution in [1.82, 2.24) is 4.98 Å². The van der Waals surface area contributed by atoms with E-state index in [0.717, 1.165) is 22.3 Å². The summed E-state index contributed by atoms with van der Waals surface area (Å²) >= 11 is 11.9. The lowest BCUT2D eigenvalue weighted by atomic mass is 9.95. The molecule has 2 aromatic carbocycles. The minimum absolute atomic E-state index is 0.420. The minimum atomic E-state index is -0.842.